The van der Waals surface area contributed by atoms with Gasteiger partial charge in [-0.15, -0.1) is 0 Å². The summed E-state index contributed by atoms with van der Waals surface area (Å²) in [5, 5.41) is 0. The van der Waals surface area contributed by atoms with Gasteiger partial charge < -0.3 is 19.5 Å². The van der Waals surface area contributed by atoms with Crippen LogP contribution in [0.25, 0.3) is 0 Å². The first kappa shape index (κ1) is 27.7. The summed E-state index contributed by atoms with van der Waals surface area (Å²) >= 11 is 0. The van der Waals surface area contributed by atoms with Crippen LogP contribution < -0.4 is 4.90 Å². The van der Waals surface area contributed by atoms with E-state index in [0.717, 1.165) is 58.3 Å². The molecule has 0 spiro atoms. The molecule has 0 bridgehead atoms. The van der Waals surface area contributed by atoms with Crippen molar-refractivity contribution >= 4 is 18.0 Å². The Bertz CT molecular complexity index is 1070. The second-order valence-corrected chi connectivity index (χ2v) is 11.9. The first-order valence-corrected chi connectivity index (χ1v) is 15.1. The van der Waals surface area contributed by atoms with E-state index in [2.05, 4.69) is 64.4 Å². The van der Waals surface area contributed by atoms with Crippen molar-refractivity contribution in [2.45, 2.75) is 82.3 Å². The molecule has 2 aromatic rings. The Hall–Kier alpha value is -2.86. The number of likely N-dealkylation sites (tertiary alicyclic amines) is 1. The minimum Gasteiger partial charge on any atom is -0.372 e. The Morgan fingerprint density at radius 2 is 1.64 bits per heavy atom. The number of likely N-dealkylation sites (N-methyl/N-ethyl adjacent to an activating group) is 1. The summed E-state index contributed by atoms with van der Waals surface area (Å²) < 4.78 is 0. The van der Waals surface area contributed by atoms with Crippen LogP contribution in [0.4, 0.5) is 10.5 Å². The summed E-state index contributed by atoms with van der Waals surface area (Å²) in [6.45, 7) is 7.41. The van der Waals surface area contributed by atoms with Crippen molar-refractivity contribution < 1.29 is 9.59 Å². The summed E-state index contributed by atoms with van der Waals surface area (Å²) in [5.41, 5.74) is 3.29. The molecule has 210 valence electrons. The van der Waals surface area contributed by atoms with Crippen molar-refractivity contribution in [2.24, 2.45) is 0 Å². The lowest BCUT2D eigenvalue weighted by molar-refractivity contribution is -0.120. The fraction of sp³-hybridized carbons (Fsp3) is 0.576. The molecule has 2 heterocycles. The van der Waals surface area contributed by atoms with Crippen LogP contribution in [0.2, 0.25) is 0 Å². The number of hydrogen-bond acceptors (Lipinski definition) is 4. The van der Waals surface area contributed by atoms with E-state index in [0.29, 0.717) is 25.3 Å². The molecule has 2 aliphatic heterocycles. The molecule has 6 nitrogen and oxygen atoms in total. The van der Waals surface area contributed by atoms with Crippen molar-refractivity contribution in [1.82, 2.24) is 14.7 Å². The predicted molar refractivity (Wildman–Crippen MR) is 158 cm³/mol. The van der Waals surface area contributed by atoms with Gasteiger partial charge in [0.25, 0.3) is 0 Å². The van der Waals surface area contributed by atoms with Gasteiger partial charge in [0.1, 0.15) is 11.8 Å². The molecule has 6 heteroatoms. The predicted octanol–water partition coefficient (Wildman–Crippen LogP) is 5.92. The van der Waals surface area contributed by atoms with Crippen LogP contribution >= 0.6 is 0 Å². The number of carbonyl (C=O) groups excluding carboxylic acids is 2. The molecule has 3 aliphatic rings. The summed E-state index contributed by atoms with van der Waals surface area (Å²) in [7, 11) is 1.95. The molecule has 5 rings (SSSR count). The molecule has 2 amide bonds. The van der Waals surface area contributed by atoms with Crippen molar-refractivity contribution in [2.75, 3.05) is 44.7 Å². The zero-order valence-electron chi connectivity index (χ0n) is 23.9. The van der Waals surface area contributed by atoms with Crippen molar-refractivity contribution in [3.05, 3.63) is 65.7 Å². The fourth-order valence-corrected chi connectivity index (χ4v) is 7.13. The van der Waals surface area contributed by atoms with E-state index in [1.54, 1.807) is 0 Å². The molecule has 2 unspecified atom stereocenters. The second kappa shape index (κ2) is 12.5. The Kier molecular flexibility index (Phi) is 8.91. The SMILES string of the molecule is CCN(C(=O)N(C)C1CCCC(c2ccccc2)C1)C1(C=O)CCN(Cc2ccc(N3CCCC3)cc2)CC1. The van der Waals surface area contributed by atoms with E-state index in [9.17, 15) is 9.59 Å². The molecule has 0 radical (unpaired) electrons. The number of anilines is 1. The highest BCUT2D eigenvalue weighted by Crippen LogP contribution is 2.36. The molecular formula is C33H46N4O2. The maximum absolute atomic E-state index is 13.9. The second-order valence-electron chi connectivity index (χ2n) is 11.9. The minimum atomic E-state index is -0.719. The zero-order valence-corrected chi connectivity index (χ0v) is 23.9. The quantitative estimate of drug-likeness (QED) is 0.398. The van der Waals surface area contributed by atoms with E-state index in [1.165, 1.54) is 36.1 Å². The highest BCUT2D eigenvalue weighted by Gasteiger charge is 2.43. The number of hydrogen-bond donors (Lipinski definition) is 0. The van der Waals surface area contributed by atoms with E-state index in [4.69, 9.17) is 0 Å². The van der Waals surface area contributed by atoms with Gasteiger partial charge in [-0.25, -0.2) is 4.79 Å². The largest absolute Gasteiger partial charge is 0.372 e. The molecule has 2 saturated heterocycles. The molecule has 2 aromatic carbocycles. The van der Waals surface area contributed by atoms with Gasteiger partial charge in [-0.2, -0.15) is 0 Å². The average molecular weight is 531 g/mol. The molecule has 3 fully saturated rings. The van der Waals surface area contributed by atoms with Crippen LogP contribution in [0.3, 0.4) is 0 Å². The van der Waals surface area contributed by atoms with Gasteiger partial charge in [0.2, 0.25) is 0 Å². The Morgan fingerprint density at radius 3 is 2.28 bits per heavy atom. The number of urea groups is 1. The molecule has 0 aromatic heterocycles. The third-order valence-corrected chi connectivity index (χ3v) is 9.61. The Labute approximate surface area is 234 Å². The van der Waals surface area contributed by atoms with Crippen LogP contribution in [0.15, 0.2) is 54.6 Å². The summed E-state index contributed by atoms with van der Waals surface area (Å²) in [6, 6.07) is 19.9. The highest BCUT2D eigenvalue weighted by molar-refractivity contribution is 5.81. The Morgan fingerprint density at radius 1 is 0.949 bits per heavy atom. The summed E-state index contributed by atoms with van der Waals surface area (Å²) in [4.78, 5) is 35.2. The zero-order chi connectivity index (χ0) is 27.2. The number of aldehydes is 1. The number of carbonyl (C=O) groups is 2. The molecule has 1 saturated carbocycles. The maximum Gasteiger partial charge on any atom is 0.320 e. The molecule has 0 N–H and O–H groups in total. The van der Waals surface area contributed by atoms with Gasteiger partial charge in [-0.3, -0.25) is 4.90 Å². The topological polar surface area (TPSA) is 47.1 Å². The number of piperidine rings is 1. The van der Waals surface area contributed by atoms with Crippen LogP contribution in [0.5, 0.6) is 0 Å². The average Bonchev–Trinajstić information content (AvgIpc) is 3.54. The van der Waals surface area contributed by atoms with Gasteiger partial charge in [0.15, 0.2) is 0 Å². The normalized spacial score (nSPS) is 23.4. The fourth-order valence-electron chi connectivity index (χ4n) is 7.13. The first-order valence-electron chi connectivity index (χ1n) is 15.1. The number of rotatable bonds is 8. The standard InChI is InChI=1S/C33H46N4O2/c1-3-37(32(39)34(2)31-13-9-12-29(24-31)28-10-5-4-6-11-28)33(26-38)18-22-35(23-19-33)25-27-14-16-30(17-15-27)36-20-7-8-21-36/h4-6,10-11,14-17,26,29,31H,3,7-9,12-13,18-25H2,1-2H3. The van der Waals surface area contributed by atoms with Gasteiger partial charge in [0.05, 0.1) is 0 Å². The molecule has 2 atom stereocenters. The van der Waals surface area contributed by atoms with Gasteiger partial charge in [-0.05, 0) is 81.0 Å². The smallest absolute Gasteiger partial charge is 0.320 e. The molecule has 39 heavy (non-hydrogen) atoms. The number of amides is 2. The third-order valence-electron chi connectivity index (χ3n) is 9.61. The van der Waals surface area contributed by atoms with E-state index < -0.39 is 5.54 Å². The van der Waals surface area contributed by atoms with Crippen LogP contribution in [0, 0.1) is 0 Å². The minimum absolute atomic E-state index is 0.00858. The van der Waals surface area contributed by atoms with Gasteiger partial charge in [0, 0.05) is 58.0 Å². The van der Waals surface area contributed by atoms with Crippen molar-refractivity contribution in [1.29, 1.82) is 0 Å². The van der Waals surface area contributed by atoms with E-state index in [-0.39, 0.29) is 12.1 Å². The Balaban J connectivity index is 1.19. The van der Waals surface area contributed by atoms with Crippen LogP contribution in [-0.2, 0) is 11.3 Å². The number of benzene rings is 2. The highest BCUT2D eigenvalue weighted by atomic mass is 16.2. The van der Waals surface area contributed by atoms with Crippen molar-refractivity contribution in [3.63, 3.8) is 0 Å². The van der Waals surface area contributed by atoms with E-state index in [1.807, 2.05) is 23.8 Å². The lowest BCUT2D eigenvalue weighted by Gasteiger charge is -2.47. The third kappa shape index (κ3) is 6.16. The van der Waals surface area contributed by atoms with Gasteiger partial charge in [-0.1, -0.05) is 48.9 Å². The first-order chi connectivity index (χ1) is 19.0. The lowest BCUT2D eigenvalue weighted by Crippen LogP contribution is -2.61. The van der Waals surface area contributed by atoms with Gasteiger partial charge >= 0.3 is 6.03 Å². The van der Waals surface area contributed by atoms with Crippen molar-refractivity contribution in [3.8, 4) is 0 Å². The maximum atomic E-state index is 13.9. The van der Waals surface area contributed by atoms with Crippen LogP contribution in [0.1, 0.15) is 75.3 Å². The molecular weight excluding hydrogens is 484 g/mol. The summed E-state index contributed by atoms with van der Waals surface area (Å²) in [5.74, 6) is 0.489. The monoisotopic (exact) mass is 530 g/mol. The number of nitrogens with zero attached hydrogens (tertiary/aromatic N) is 4. The lowest BCUT2D eigenvalue weighted by atomic mass is 9.81. The molecule has 1 aliphatic carbocycles. The van der Waals surface area contributed by atoms with Crippen LogP contribution in [-0.4, -0.2) is 78.4 Å². The summed E-state index contributed by atoms with van der Waals surface area (Å²) in [6.07, 6.45) is 9.34. The van der Waals surface area contributed by atoms with E-state index >= 15 is 0 Å².